The molecule has 18 heavy (non-hydrogen) atoms. The topological polar surface area (TPSA) is 49.3 Å². The highest BCUT2D eigenvalue weighted by Crippen LogP contribution is 2.12. The summed E-state index contributed by atoms with van der Waals surface area (Å²) >= 11 is 5.79. The van der Waals surface area contributed by atoms with Gasteiger partial charge < -0.3 is 10.4 Å². The number of hydrogen-bond donors (Lipinski definition) is 2. The maximum absolute atomic E-state index is 11.8. The summed E-state index contributed by atoms with van der Waals surface area (Å²) in [7, 11) is 0. The molecular formula is C14H18ClNO2. The Balaban J connectivity index is 2.65. The van der Waals surface area contributed by atoms with E-state index in [1.54, 1.807) is 25.1 Å². The number of aliphatic hydroxyl groups excluding tert-OH is 1. The zero-order chi connectivity index (χ0) is 13.5. The molecule has 0 aromatic heterocycles. The van der Waals surface area contributed by atoms with E-state index >= 15 is 0 Å². The Morgan fingerprint density at radius 1 is 1.44 bits per heavy atom. The molecular weight excluding hydrogens is 250 g/mol. The molecule has 3 nitrogen and oxygen atoms in total. The monoisotopic (exact) mass is 267 g/mol. The van der Waals surface area contributed by atoms with Crippen LogP contribution in [0.3, 0.4) is 0 Å². The molecule has 1 amide bonds. The average molecular weight is 268 g/mol. The van der Waals surface area contributed by atoms with Crippen LogP contribution >= 0.6 is 11.6 Å². The number of carbonyl (C=O) groups is 1. The smallest absolute Gasteiger partial charge is 0.247 e. The molecule has 0 saturated heterocycles. The van der Waals surface area contributed by atoms with Gasteiger partial charge in [0.25, 0.3) is 0 Å². The Labute approximate surface area is 112 Å². The molecule has 2 N–H and O–H groups in total. The van der Waals surface area contributed by atoms with Crippen molar-refractivity contribution in [1.82, 2.24) is 5.32 Å². The third-order valence-corrected chi connectivity index (χ3v) is 2.80. The Kier molecular flexibility index (Phi) is 5.89. The standard InChI is InChI=1S/C14H18ClNO2/c1-10(14(18)16-11(2)7-8-17)9-12-3-5-13(15)6-4-12/h3-6,9,11,17H,7-8H2,1-2H3,(H,16,18)/b10-9+/t11-/m1/s1. The summed E-state index contributed by atoms with van der Waals surface area (Å²) in [5.41, 5.74) is 1.56. The highest BCUT2D eigenvalue weighted by Gasteiger charge is 2.08. The van der Waals surface area contributed by atoms with Crippen molar-refractivity contribution in [2.24, 2.45) is 0 Å². The number of hydrogen-bond acceptors (Lipinski definition) is 2. The predicted molar refractivity (Wildman–Crippen MR) is 74.4 cm³/mol. The molecule has 0 spiro atoms. The minimum absolute atomic E-state index is 0.0314. The van der Waals surface area contributed by atoms with E-state index in [0.29, 0.717) is 17.0 Å². The third kappa shape index (κ3) is 4.90. The van der Waals surface area contributed by atoms with E-state index < -0.39 is 0 Å². The van der Waals surface area contributed by atoms with Gasteiger partial charge in [-0.05, 0) is 44.0 Å². The number of nitrogens with one attached hydrogen (secondary N) is 1. The summed E-state index contributed by atoms with van der Waals surface area (Å²) in [5, 5.41) is 12.3. The van der Waals surface area contributed by atoms with E-state index in [1.165, 1.54) is 0 Å². The quantitative estimate of drug-likeness (QED) is 0.806. The number of rotatable bonds is 5. The van der Waals surface area contributed by atoms with Crippen molar-refractivity contribution in [3.05, 3.63) is 40.4 Å². The van der Waals surface area contributed by atoms with Gasteiger partial charge in [0.2, 0.25) is 5.91 Å². The van der Waals surface area contributed by atoms with Crippen LogP contribution in [0.25, 0.3) is 6.08 Å². The Hall–Kier alpha value is -1.32. The van der Waals surface area contributed by atoms with E-state index in [2.05, 4.69) is 5.32 Å². The molecule has 1 aromatic rings. The lowest BCUT2D eigenvalue weighted by atomic mass is 10.1. The van der Waals surface area contributed by atoms with Crippen molar-refractivity contribution < 1.29 is 9.90 Å². The third-order valence-electron chi connectivity index (χ3n) is 2.55. The Morgan fingerprint density at radius 3 is 2.61 bits per heavy atom. The predicted octanol–water partition coefficient (Wildman–Crippen LogP) is 2.63. The summed E-state index contributed by atoms with van der Waals surface area (Å²) < 4.78 is 0. The molecule has 4 heteroatoms. The molecule has 0 fully saturated rings. The summed E-state index contributed by atoms with van der Waals surface area (Å²) in [6, 6.07) is 7.25. The van der Waals surface area contributed by atoms with Crippen molar-refractivity contribution in [3.8, 4) is 0 Å². The summed E-state index contributed by atoms with van der Waals surface area (Å²) in [6.45, 7) is 3.70. The molecule has 98 valence electrons. The number of carbonyl (C=O) groups excluding carboxylic acids is 1. The summed E-state index contributed by atoms with van der Waals surface area (Å²) in [6.07, 6.45) is 2.36. The Bertz CT molecular complexity index is 426. The second-order valence-corrected chi connectivity index (χ2v) is 4.70. The van der Waals surface area contributed by atoms with Gasteiger partial charge in [-0.1, -0.05) is 23.7 Å². The van der Waals surface area contributed by atoms with Crippen LogP contribution in [0.2, 0.25) is 5.02 Å². The average Bonchev–Trinajstić information content (AvgIpc) is 2.32. The molecule has 0 bridgehead atoms. The van der Waals surface area contributed by atoms with E-state index in [4.69, 9.17) is 16.7 Å². The van der Waals surface area contributed by atoms with Crippen molar-refractivity contribution >= 4 is 23.6 Å². The zero-order valence-electron chi connectivity index (χ0n) is 10.6. The molecule has 0 unspecified atom stereocenters. The number of halogens is 1. The molecule has 1 rings (SSSR count). The van der Waals surface area contributed by atoms with Crippen molar-refractivity contribution in [2.75, 3.05) is 6.61 Å². The summed E-state index contributed by atoms with van der Waals surface area (Å²) in [5.74, 6) is -0.120. The second kappa shape index (κ2) is 7.19. The lowest BCUT2D eigenvalue weighted by Gasteiger charge is -2.12. The van der Waals surface area contributed by atoms with Gasteiger partial charge in [-0.15, -0.1) is 0 Å². The lowest BCUT2D eigenvalue weighted by molar-refractivity contribution is -0.118. The second-order valence-electron chi connectivity index (χ2n) is 4.27. The van der Waals surface area contributed by atoms with Gasteiger partial charge in [0.15, 0.2) is 0 Å². The highest BCUT2D eigenvalue weighted by atomic mass is 35.5. The van der Waals surface area contributed by atoms with Gasteiger partial charge in [0.05, 0.1) is 0 Å². The molecule has 1 aromatic carbocycles. The van der Waals surface area contributed by atoms with Gasteiger partial charge in [-0.25, -0.2) is 0 Å². The van der Waals surface area contributed by atoms with Crippen LogP contribution in [0.5, 0.6) is 0 Å². The maximum atomic E-state index is 11.8. The van der Waals surface area contributed by atoms with Gasteiger partial charge in [-0.3, -0.25) is 4.79 Å². The fourth-order valence-electron chi connectivity index (χ4n) is 1.48. The number of amides is 1. The van der Waals surface area contributed by atoms with Crippen LogP contribution in [-0.2, 0) is 4.79 Å². The molecule has 0 aliphatic heterocycles. The van der Waals surface area contributed by atoms with Crippen molar-refractivity contribution in [2.45, 2.75) is 26.3 Å². The first kappa shape index (κ1) is 14.7. The first-order chi connectivity index (χ1) is 8.52. The highest BCUT2D eigenvalue weighted by molar-refractivity contribution is 6.30. The van der Waals surface area contributed by atoms with Crippen molar-refractivity contribution in [1.29, 1.82) is 0 Å². The minimum atomic E-state index is -0.120. The minimum Gasteiger partial charge on any atom is -0.396 e. The van der Waals surface area contributed by atoms with Crippen LogP contribution in [0, 0.1) is 0 Å². The fraction of sp³-hybridized carbons (Fsp3) is 0.357. The van der Waals surface area contributed by atoms with Crippen molar-refractivity contribution in [3.63, 3.8) is 0 Å². The largest absolute Gasteiger partial charge is 0.396 e. The maximum Gasteiger partial charge on any atom is 0.247 e. The van der Waals surface area contributed by atoms with Crippen LogP contribution in [-0.4, -0.2) is 23.7 Å². The first-order valence-corrected chi connectivity index (χ1v) is 6.26. The van der Waals surface area contributed by atoms with E-state index in [1.807, 2.05) is 19.1 Å². The normalized spacial score (nSPS) is 13.2. The SMILES string of the molecule is C/C(=C\c1ccc(Cl)cc1)C(=O)N[C@H](C)CCO. The molecule has 0 aliphatic rings. The van der Waals surface area contributed by atoms with E-state index in [-0.39, 0.29) is 18.6 Å². The first-order valence-electron chi connectivity index (χ1n) is 5.88. The zero-order valence-corrected chi connectivity index (χ0v) is 11.4. The van der Waals surface area contributed by atoms with Crippen LogP contribution in [0.4, 0.5) is 0 Å². The van der Waals surface area contributed by atoms with Crippen LogP contribution < -0.4 is 5.32 Å². The summed E-state index contributed by atoms with van der Waals surface area (Å²) in [4.78, 5) is 11.8. The molecule has 0 heterocycles. The number of benzene rings is 1. The van der Waals surface area contributed by atoms with E-state index in [9.17, 15) is 4.79 Å². The van der Waals surface area contributed by atoms with Crippen LogP contribution in [0.1, 0.15) is 25.8 Å². The molecule has 0 aliphatic carbocycles. The fourth-order valence-corrected chi connectivity index (χ4v) is 1.60. The van der Waals surface area contributed by atoms with Crippen LogP contribution in [0.15, 0.2) is 29.8 Å². The molecule has 1 atom stereocenters. The van der Waals surface area contributed by atoms with Gasteiger partial charge in [0, 0.05) is 23.2 Å². The van der Waals surface area contributed by atoms with Gasteiger partial charge in [0.1, 0.15) is 0 Å². The van der Waals surface area contributed by atoms with Gasteiger partial charge in [-0.2, -0.15) is 0 Å². The number of aliphatic hydroxyl groups is 1. The molecule has 0 saturated carbocycles. The lowest BCUT2D eigenvalue weighted by Crippen LogP contribution is -2.33. The van der Waals surface area contributed by atoms with E-state index in [0.717, 1.165) is 5.56 Å². The molecule has 0 radical (unpaired) electrons. The Morgan fingerprint density at radius 2 is 2.06 bits per heavy atom. The van der Waals surface area contributed by atoms with Gasteiger partial charge >= 0.3 is 0 Å².